The van der Waals surface area contributed by atoms with E-state index < -0.39 is 0 Å². The number of ether oxygens (including phenoxy) is 1. The first-order valence-electron chi connectivity index (χ1n) is 8.45. The minimum absolute atomic E-state index is 0.0618. The first kappa shape index (κ1) is 17.8. The molecule has 0 radical (unpaired) electrons. The number of methoxy groups -OCH3 is 1. The Labute approximate surface area is 152 Å². The molecule has 3 rings (SSSR count). The Bertz CT molecular complexity index is 727. The lowest BCUT2D eigenvalue weighted by Crippen LogP contribution is -2.40. The van der Waals surface area contributed by atoms with Gasteiger partial charge in [-0.15, -0.1) is 0 Å². The summed E-state index contributed by atoms with van der Waals surface area (Å²) in [4.78, 5) is 16.7. The summed E-state index contributed by atoms with van der Waals surface area (Å²) < 4.78 is 5.24. The zero-order valence-corrected chi connectivity index (χ0v) is 15.7. The Morgan fingerprint density at radius 2 is 2.24 bits per heavy atom. The molecule has 1 aliphatic heterocycles. The number of anilines is 1. The fourth-order valence-corrected chi connectivity index (χ4v) is 4.10. The van der Waals surface area contributed by atoms with Crippen LogP contribution in [0.3, 0.4) is 0 Å². The van der Waals surface area contributed by atoms with Crippen LogP contribution in [0.2, 0.25) is 0 Å². The Kier molecular flexibility index (Phi) is 5.65. The van der Waals surface area contributed by atoms with Crippen molar-refractivity contribution in [3.05, 3.63) is 35.7 Å². The highest BCUT2D eigenvalue weighted by molar-refractivity contribution is 7.99. The molecule has 1 aromatic carbocycles. The van der Waals surface area contributed by atoms with Crippen molar-refractivity contribution in [3.63, 3.8) is 0 Å². The topological polar surface area (TPSA) is 70.2 Å². The lowest BCUT2D eigenvalue weighted by atomic mass is 10.2. The minimum Gasteiger partial charge on any atom is -0.383 e. The molecule has 0 spiro atoms. The number of hydrogen-bond acceptors (Lipinski definition) is 4. The maximum Gasteiger partial charge on any atom is 0.322 e. The molecule has 7 heteroatoms. The molecule has 2 N–H and O–H groups in total. The minimum atomic E-state index is -0.0618. The standard InChI is InChI=1S/C18H24N4O2S/c1-12-17(13(2)21-20-12)25-16-9-5-4-8-15(16)19-18(23)22-10-6-7-14(22)11-24-3/h4-5,8-9,14H,6-7,10-11H2,1-3H3,(H,19,23)(H,20,21)/t14-/m0/s1. The number of hydrogen-bond donors (Lipinski definition) is 2. The van der Waals surface area contributed by atoms with Gasteiger partial charge in [0.2, 0.25) is 0 Å². The summed E-state index contributed by atoms with van der Waals surface area (Å²) in [6, 6.07) is 7.96. The van der Waals surface area contributed by atoms with Crippen LogP contribution in [-0.4, -0.2) is 47.4 Å². The number of aromatic amines is 1. The van der Waals surface area contributed by atoms with Gasteiger partial charge in [-0.05, 0) is 38.8 Å². The summed E-state index contributed by atoms with van der Waals surface area (Å²) in [5, 5.41) is 10.3. The molecule has 25 heavy (non-hydrogen) atoms. The number of benzene rings is 1. The summed E-state index contributed by atoms with van der Waals surface area (Å²) >= 11 is 1.62. The van der Waals surface area contributed by atoms with Crippen molar-refractivity contribution in [2.24, 2.45) is 0 Å². The van der Waals surface area contributed by atoms with Gasteiger partial charge in [-0.1, -0.05) is 23.9 Å². The molecule has 0 saturated carbocycles. The highest BCUT2D eigenvalue weighted by Crippen LogP contribution is 2.36. The zero-order valence-electron chi connectivity index (χ0n) is 14.8. The number of aryl methyl sites for hydroxylation is 2. The van der Waals surface area contributed by atoms with Crippen molar-refractivity contribution < 1.29 is 9.53 Å². The quantitative estimate of drug-likeness (QED) is 0.850. The molecular weight excluding hydrogens is 336 g/mol. The highest BCUT2D eigenvalue weighted by atomic mass is 32.2. The molecule has 2 heterocycles. The van der Waals surface area contributed by atoms with Gasteiger partial charge < -0.3 is 15.0 Å². The Morgan fingerprint density at radius 1 is 1.44 bits per heavy atom. The van der Waals surface area contributed by atoms with E-state index in [-0.39, 0.29) is 12.1 Å². The van der Waals surface area contributed by atoms with E-state index in [9.17, 15) is 4.79 Å². The number of aromatic nitrogens is 2. The number of likely N-dealkylation sites (tertiary alicyclic amines) is 1. The number of carbonyl (C=O) groups is 1. The average Bonchev–Trinajstić information content (AvgIpc) is 3.18. The zero-order chi connectivity index (χ0) is 17.8. The molecule has 134 valence electrons. The van der Waals surface area contributed by atoms with Crippen LogP contribution in [0.1, 0.15) is 24.2 Å². The van der Waals surface area contributed by atoms with Crippen LogP contribution in [0, 0.1) is 13.8 Å². The van der Waals surface area contributed by atoms with Crippen molar-refractivity contribution in [1.29, 1.82) is 0 Å². The van der Waals surface area contributed by atoms with Gasteiger partial charge >= 0.3 is 6.03 Å². The van der Waals surface area contributed by atoms with E-state index in [0.29, 0.717) is 6.61 Å². The molecule has 1 saturated heterocycles. The number of H-pyrrole nitrogens is 1. The van der Waals surface area contributed by atoms with E-state index in [4.69, 9.17) is 4.74 Å². The third-order valence-electron chi connectivity index (χ3n) is 4.40. The van der Waals surface area contributed by atoms with Gasteiger partial charge in [0.1, 0.15) is 0 Å². The number of urea groups is 1. The van der Waals surface area contributed by atoms with Crippen LogP contribution in [-0.2, 0) is 4.74 Å². The van der Waals surface area contributed by atoms with Gasteiger partial charge in [-0.25, -0.2) is 4.79 Å². The molecule has 0 aliphatic carbocycles. The lowest BCUT2D eigenvalue weighted by molar-refractivity contribution is 0.128. The van der Waals surface area contributed by atoms with E-state index in [1.165, 1.54) is 0 Å². The number of carbonyl (C=O) groups excluding carboxylic acids is 1. The van der Waals surface area contributed by atoms with Gasteiger partial charge in [0.15, 0.2) is 0 Å². The van der Waals surface area contributed by atoms with Gasteiger partial charge in [-0.3, -0.25) is 5.10 Å². The number of nitrogens with zero attached hydrogens (tertiary/aromatic N) is 2. The second-order valence-electron chi connectivity index (χ2n) is 6.24. The average molecular weight is 360 g/mol. The van der Waals surface area contributed by atoms with Crippen LogP contribution in [0.5, 0.6) is 0 Å². The van der Waals surface area contributed by atoms with Crippen molar-refractivity contribution in [3.8, 4) is 0 Å². The van der Waals surface area contributed by atoms with Crippen LogP contribution < -0.4 is 5.32 Å². The molecule has 6 nitrogen and oxygen atoms in total. The SMILES string of the molecule is COC[C@@H]1CCCN1C(=O)Nc1ccccc1Sc1c(C)n[nH]c1C. The van der Waals surface area contributed by atoms with Crippen LogP contribution in [0.15, 0.2) is 34.1 Å². The lowest BCUT2D eigenvalue weighted by Gasteiger charge is -2.25. The van der Waals surface area contributed by atoms with E-state index in [0.717, 1.165) is 46.3 Å². The molecule has 0 bridgehead atoms. The second-order valence-corrected chi connectivity index (χ2v) is 7.29. The Morgan fingerprint density at radius 3 is 2.96 bits per heavy atom. The fraction of sp³-hybridized carbons (Fsp3) is 0.444. The van der Waals surface area contributed by atoms with E-state index >= 15 is 0 Å². The number of rotatable bonds is 5. The van der Waals surface area contributed by atoms with Crippen molar-refractivity contribution in [1.82, 2.24) is 15.1 Å². The molecule has 1 atom stereocenters. The maximum atomic E-state index is 12.7. The molecular formula is C18H24N4O2S. The second kappa shape index (κ2) is 7.93. The molecule has 1 aromatic heterocycles. The van der Waals surface area contributed by atoms with Crippen molar-refractivity contribution >= 4 is 23.5 Å². The summed E-state index contributed by atoms with van der Waals surface area (Å²) in [5.74, 6) is 0. The van der Waals surface area contributed by atoms with E-state index in [1.807, 2.05) is 43.0 Å². The summed E-state index contributed by atoms with van der Waals surface area (Å²) in [6.45, 7) is 5.34. The maximum absolute atomic E-state index is 12.7. The van der Waals surface area contributed by atoms with Crippen LogP contribution >= 0.6 is 11.8 Å². The largest absolute Gasteiger partial charge is 0.383 e. The summed E-state index contributed by atoms with van der Waals surface area (Å²) in [7, 11) is 1.68. The van der Waals surface area contributed by atoms with Gasteiger partial charge in [0.25, 0.3) is 0 Å². The van der Waals surface area contributed by atoms with E-state index in [2.05, 4.69) is 15.5 Å². The molecule has 0 unspecified atom stereocenters. The van der Waals surface area contributed by atoms with Crippen LogP contribution in [0.25, 0.3) is 0 Å². The van der Waals surface area contributed by atoms with Crippen LogP contribution in [0.4, 0.5) is 10.5 Å². The van der Waals surface area contributed by atoms with Gasteiger partial charge in [0.05, 0.1) is 28.9 Å². The number of nitrogens with one attached hydrogen (secondary N) is 2. The predicted molar refractivity (Wildman–Crippen MR) is 99.2 cm³/mol. The molecule has 1 aliphatic rings. The first-order valence-corrected chi connectivity index (χ1v) is 9.26. The number of amides is 2. The predicted octanol–water partition coefficient (Wildman–Crippen LogP) is 3.82. The summed E-state index contributed by atoms with van der Waals surface area (Å²) in [6.07, 6.45) is 2.01. The third-order valence-corrected chi connectivity index (χ3v) is 5.78. The third kappa shape index (κ3) is 3.99. The van der Waals surface area contributed by atoms with Gasteiger partial charge in [0, 0.05) is 24.2 Å². The van der Waals surface area contributed by atoms with Crippen molar-refractivity contribution in [2.75, 3.05) is 25.6 Å². The van der Waals surface area contributed by atoms with Gasteiger partial charge in [-0.2, -0.15) is 5.10 Å². The first-order chi connectivity index (χ1) is 12.1. The van der Waals surface area contributed by atoms with E-state index in [1.54, 1.807) is 18.9 Å². The number of para-hydroxylation sites is 1. The smallest absolute Gasteiger partial charge is 0.322 e. The normalized spacial score (nSPS) is 17.1. The highest BCUT2D eigenvalue weighted by Gasteiger charge is 2.29. The monoisotopic (exact) mass is 360 g/mol. The Balaban J connectivity index is 1.76. The van der Waals surface area contributed by atoms with Crippen molar-refractivity contribution in [2.45, 2.75) is 42.5 Å². The molecule has 2 aromatic rings. The summed E-state index contributed by atoms with van der Waals surface area (Å²) in [5.41, 5.74) is 2.81. The molecule has 1 fully saturated rings. The Hall–Kier alpha value is -1.99. The molecule has 2 amide bonds. The fourth-order valence-electron chi connectivity index (χ4n) is 3.12.